The Hall–Kier alpha value is -1.59. The summed E-state index contributed by atoms with van der Waals surface area (Å²) in [6.45, 7) is 5.65. The lowest BCUT2D eigenvalue weighted by Gasteiger charge is -2.53. The third-order valence-corrected chi connectivity index (χ3v) is 4.81. The molecule has 5 heteroatoms. The minimum absolute atomic E-state index is 0.0356. The average molecular weight is 319 g/mol. The minimum atomic E-state index is -0.165. The van der Waals surface area contributed by atoms with E-state index in [1.54, 1.807) is 23.1 Å². The molecule has 0 aliphatic carbocycles. The molecule has 1 spiro atoms. The molecule has 3 rings (SSSR count). The maximum Gasteiger partial charge on any atom is 0.254 e. The van der Waals surface area contributed by atoms with Gasteiger partial charge in [-0.3, -0.25) is 4.79 Å². The zero-order valence-electron chi connectivity index (χ0n) is 13.7. The molecule has 2 aliphatic rings. The molecule has 2 aliphatic heterocycles. The molecule has 23 heavy (non-hydrogen) atoms. The van der Waals surface area contributed by atoms with Gasteiger partial charge in [0.05, 0.1) is 13.1 Å². The molecule has 2 fully saturated rings. The van der Waals surface area contributed by atoms with E-state index < -0.39 is 0 Å². The molecule has 0 bridgehead atoms. The van der Waals surface area contributed by atoms with E-state index in [2.05, 4.69) is 0 Å². The van der Waals surface area contributed by atoms with Gasteiger partial charge in [0.25, 0.3) is 5.91 Å². The maximum atomic E-state index is 12.4. The van der Waals surface area contributed by atoms with Crippen molar-refractivity contribution in [1.29, 1.82) is 0 Å². The Morgan fingerprint density at radius 3 is 3.04 bits per heavy atom. The number of phenols is 1. The third-order valence-electron chi connectivity index (χ3n) is 4.81. The van der Waals surface area contributed by atoms with Crippen molar-refractivity contribution in [2.24, 2.45) is 5.92 Å². The van der Waals surface area contributed by atoms with E-state index in [0.717, 1.165) is 39.1 Å². The largest absolute Gasteiger partial charge is 0.508 e. The van der Waals surface area contributed by atoms with Crippen LogP contribution < -0.4 is 0 Å². The monoisotopic (exact) mass is 319 g/mol. The van der Waals surface area contributed by atoms with Gasteiger partial charge in [-0.2, -0.15) is 0 Å². The first-order valence-corrected chi connectivity index (χ1v) is 8.42. The van der Waals surface area contributed by atoms with Gasteiger partial charge in [0, 0.05) is 25.4 Å². The first kappa shape index (κ1) is 16.3. The molecule has 1 N–H and O–H groups in total. The quantitative estimate of drug-likeness (QED) is 0.847. The lowest BCUT2D eigenvalue weighted by Crippen LogP contribution is -2.66. The fraction of sp³-hybridized carbons (Fsp3) is 0.611. The van der Waals surface area contributed by atoms with Crippen molar-refractivity contribution >= 4 is 5.91 Å². The van der Waals surface area contributed by atoms with Crippen LogP contribution in [0.5, 0.6) is 5.75 Å². The number of likely N-dealkylation sites (tertiary alicyclic amines) is 1. The van der Waals surface area contributed by atoms with E-state index in [0.29, 0.717) is 24.6 Å². The van der Waals surface area contributed by atoms with Gasteiger partial charge in [0.2, 0.25) is 0 Å². The number of carbonyl (C=O) groups excluding carboxylic acids is 1. The molecule has 5 nitrogen and oxygen atoms in total. The van der Waals surface area contributed by atoms with Crippen LogP contribution in [0.15, 0.2) is 24.3 Å². The van der Waals surface area contributed by atoms with Crippen LogP contribution in [-0.2, 0) is 9.47 Å². The summed E-state index contributed by atoms with van der Waals surface area (Å²) in [5.74, 6) is 0.705. The molecule has 126 valence electrons. The van der Waals surface area contributed by atoms with Crippen molar-refractivity contribution < 1.29 is 19.4 Å². The number of nitrogens with zero attached hydrogens (tertiary/aromatic N) is 1. The number of aromatic hydroxyl groups is 1. The molecule has 0 radical (unpaired) electrons. The number of hydrogen-bond donors (Lipinski definition) is 1. The topological polar surface area (TPSA) is 59.0 Å². The van der Waals surface area contributed by atoms with Crippen molar-refractivity contribution in [3.05, 3.63) is 29.8 Å². The zero-order chi connectivity index (χ0) is 16.3. The van der Waals surface area contributed by atoms with Crippen LogP contribution in [0.2, 0.25) is 0 Å². The molecular weight excluding hydrogens is 294 g/mol. The first-order valence-electron chi connectivity index (χ1n) is 8.42. The standard InChI is InChI=1S/C18H25NO4/c1-2-22-8-6-14-7-9-23-18(11-14)12-19(13-18)17(21)15-4-3-5-16(20)10-15/h3-5,10,14,20H,2,6-9,11-13H2,1H3/t14-/m0/s1. The molecule has 1 aromatic carbocycles. The molecule has 0 aromatic heterocycles. The summed E-state index contributed by atoms with van der Waals surface area (Å²) in [6, 6.07) is 6.51. The van der Waals surface area contributed by atoms with Crippen molar-refractivity contribution in [1.82, 2.24) is 4.90 Å². The fourth-order valence-electron chi connectivity index (χ4n) is 3.60. The summed E-state index contributed by atoms with van der Waals surface area (Å²) in [4.78, 5) is 14.2. The molecule has 1 aromatic rings. The molecule has 0 saturated carbocycles. The molecule has 1 amide bonds. The highest BCUT2D eigenvalue weighted by molar-refractivity contribution is 5.95. The normalized spacial score (nSPS) is 22.8. The highest BCUT2D eigenvalue weighted by Gasteiger charge is 2.49. The molecule has 2 heterocycles. The van der Waals surface area contributed by atoms with Crippen LogP contribution in [0, 0.1) is 5.92 Å². The second-order valence-electron chi connectivity index (χ2n) is 6.59. The van der Waals surface area contributed by atoms with Gasteiger partial charge in [0.15, 0.2) is 0 Å². The van der Waals surface area contributed by atoms with Crippen LogP contribution in [-0.4, -0.2) is 54.4 Å². The van der Waals surface area contributed by atoms with Crippen LogP contribution in [0.3, 0.4) is 0 Å². The predicted molar refractivity (Wildman–Crippen MR) is 86.5 cm³/mol. The maximum absolute atomic E-state index is 12.4. The molecular formula is C18H25NO4. The van der Waals surface area contributed by atoms with E-state index in [-0.39, 0.29) is 17.3 Å². The van der Waals surface area contributed by atoms with Crippen LogP contribution >= 0.6 is 0 Å². The number of ether oxygens (including phenoxy) is 2. The Bertz CT molecular complexity index is 554. The molecule has 0 unspecified atom stereocenters. The fourth-order valence-corrected chi connectivity index (χ4v) is 3.60. The van der Waals surface area contributed by atoms with Gasteiger partial charge < -0.3 is 19.5 Å². The number of carbonyl (C=O) groups is 1. The Balaban J connectivity index is 1.53. The van der Waals surface area contributed by atoms with Gasteiger partial charge in [-0.1, -0.05) is 6.07 Å². The van der Waals surface area contributed by atoms with E-state index >= 15 is 0 Å². The highest BCUT2D eigenvalue weighted by Crippen LogP contribution is 2.38. The van der Waals surface area contributed by atoms with Gasteiger partial charge in [-0.25, -0.2) is 0 Å². The highest BCUT2D eigenvalue weighted by atomic mass is 16.5. The van der Waals surface area contributed by atoms with Crippen molar-refractivity contribution in [3.8, 4) is 5.75 Å². The molecule has 2 saturated heterocycles. The summed E-state index contributed by atoms with van der Waals surface area (Å²) in [5.41, 5.74) is 0.366. The van der Waals surface area contributed by atoms with E-state index in [9.17, 15) is 9.90 Å². The number of phenolic OH excluding ortho intramolecular Hbond substituents is 1. The Morgan fingerprint density at radius 1 is 1.48 bits per heavy atom. The number of amides is 1. The summed E-state index contributed by atoms with van der Waals surface area (Å²) in [6.07, 6.45) is 3.15. The van der Waals surface area contributed by atoms with E-state index in [4.69, 9.17) is 9.47 Å². The third kappa shape index (κ3) is 3.67. The Kier molecular flexibility index (Phi) is 4.87. The number of benzene rings is 1. The van der Waals surface area contributed by atoms with Gasteiger partial charge in [0.1, 0.15) is 11.4 Å². The summed E-state index contributed by atoms with van der Waals surface area (Å²) >= 11 is 0. The van der Waals surface area contributed by atoms with Gasteiger partial charge in [-0.15, -0.1) is 0 Å². The minimum Gasteiger partial charge on any atom is -0.508 e. The van der Waals surface area contributed by atoms with Crippen molar-refractivity contribution in [3.63, 3.8) is 0 Å². The number of rotatable bonds is 5. The number of hydrogen-bond acceptors (Lipinski definition) is 4. The van der Waals surface area contributed by atoms with Crippen molar-refractivity contribution in [2.75, 3.05) is 32.9 Å². The summed E-state index contributed by atoms with van der Waals surface area (Å²) < 4.78 is 11.4. The lowest BCUT2D eigenvalue weighted by molar-refractivity contribution is -0.167. The van der Waals surface area contributed by atoms with Crippen LogP contribution in [0.25, 0.3) is 0 Å². The van der Waals surface area contributed by atoms with E-state index in [1.807, 2.05) is 6.92 Å². The van der Waals surface area contributed by atoms with E-state index in [1.165, 1.54) is 6.07 Å². The second kappa shape index (κ2) is 6.89. The second-order valence-corrected chi connectivity index (χ2v) is 6.59. The Labute approximate surface area is 137 Å². The van der Waals surface area contributed by atoms with Crippen LogP contribution in [0.1, 0.15) is 36.5 Å². The average Bonchev–Trinajstić information content (AvgIpc) is 2.52. The first-order chi connectivity index (χ1) is 11.1. The Morgan fingerprint density at radius 2 is 2.30 bits per heavy atom. The smallest absolute Gasteiger partial charge is 0.254 e. The predicted octanol–water partition coefficient (Wildman–Crippen LogP) is 2.44. The lowest BCUT2D eigenvalue weighted by atomic mass is 9.79. The van der Waals surface area contributed by atoms with Gasteiger partial charge in [-0.05, 0) is 50.3 Å². The summed E-state index contributed by atoms with van der Waals surface area (Å²) in [7, 11) is 0. The SMILES string of the molecule is CCOCC[C@H]1CCOC2(C1)CN(C(=O)c1cccc(O)c1)C2. The van der Waals surface area contributed by atoms with Crippen LogP contribution in [0.4, 0.5) is 0 Å². The zero-order valence-corrected chi connectivity index (χ0v) is 13.7. The van der Waals surface area contributed by atoms with Gasteiger partial charge >= 0.3 is 0 Å². The molecule has 1 atom stereocenters. The van der Waals surface area contributed by atoms with Crippen molar-refractivity contribution in [2.45, 2.75) is 31.8 Å². The summed E-state index contributed by atoms with van der Waals surface area (Å²) in [5, 5.41) is 9.51.